The molecule has 5 saturated carbocycles. The van der Waals surface area contributed by atoms with Crippen molar-refractivity contribution in [2.45, 2.75) is 75.7 Å². The maximum Gasteiger partial charge on any atom is 0.342 e. The quantitative estimate of drug-likeness (QED) is 0.372. The number of alkyl halides is 1. The van der Waals surface area contributed by atoms with Gasteiger partial charge in [-0.25, -0.2) is 22.8 Å². The van der Waals surface area contributed by atoms with Gasteiger partial charge in [0.05, 0.1) is 18.6 Å². The molecule has 6 rings (SSSR count). The monoisotopic (exact) mass is 551 g/mol. The molecule has 0 amide bonds. The van der Waals surface area contributed by atoms with Crippen molar-refractivity contribution in [2.24, 2.45) is 47.2 Å². The van der Waals surface area contributed by atoms with Gasteiger partial charge in [-0.15, -0.1) is 0 Å². The molecule has 11 heteroatoms. The molecule has 0 aromatic heterocycles. The molecule has 5 unspecified atom stereocenters. The molecule has 39 heavy (non-hydrogen) atoms. The second-order valence-corrected chi connectivity index (χ2v) is 12.2. The fraction of sp³-hybridized carbons (Fsp3) is 0.679. The largest absolute Gasteiger partial charge is 0.479 e. The minimum absolute atomic E-state index is 0.190. The number of fused-ring (bicyclic) bond motifs is 3. The molecule has 0 spiro atoms. The molecule has 0 radical (unpaired) electrons. The highest BCUT2D eigenvalue weighted by molar-refractivity contribution is 5.91. The Morgan fingerprint density at radius 1 is 1.05 bits per heavy atom. The molecule has 1 aromatic carbocycles. The summed E-state index contributed by atoms with van der Waals surface area (Å²) in [6.07, 6.45) is 2.52. The van der Waals surface area contributed by atoms with Crippen molar-refractivity contribution in [1.29, 1.82) is 0 Å². The number of hydrogen-bond acceptors (Lipinski definition) is 7. The Morgan fingerprint density at radius 2 is 1.77 bits per heavy atom. The lowest BCUT2D eigenvalue weighted by Crippen LogP contribution is -2.61. The summed E-state index contributed by atoms with van der Waals surface area (Å²) in [6, 6.07) is 3.12. The smallest absolute Gasteiger partial charge is 0.342 e. The molecule has 3 N–H and O–H groups in total. The first-order valence-corrected chi connectivity index (χ1v) is 13.6. The van der Waals surface area contributed by atoms with Crippen LogP contribution >= 0.6 is 0 Å². The normalized spacial score (nSPS) is 42.1. The molecule has 11 atom stereocenters. The number of halogens is 3. The Balaban J connectivity index is 1.14. The summed E-state index contributed by atoms with van der Waals surface area (Å²) in [6.45, 7) is 1.08. The Labute approximate surface area is 223 Å². The van der Waals surface area contributed by atoms with Gasteiger partial charge in [0.1, 0.15) is 5.54 Å². The van der Waals surface area contributed by atoms with Crippen LogP contribution in [0, 0.1) is 53.1 Å². The number of ether oxygens (including phenoxy) is 3. The van der Waals surface area contributed by atoms with Gasteiger partial charge in [0.15, 0.2) is 11.6 Å². The summed E-state index contributed by atoms with van der Waals surface area (Å²) < 4.78 is 58.8. The Kier molecular flexibility index (Phi) is 6.26. The van der Waals surface area contributed by atoms with Gasteiger partial charge < -0.3 is 25.1 Å². The highest BCUT2D eigenvalue weighted by Gasteiger charge is 2.85. The summed E-state index contributed by atoms with van der Waals surface area (Å²) in [5.74, 6) is -6.26. The van der Waals surface area contributed by atoms with Gasteiger partial charge in [0.2, 0.25) is 12.0 Å². The van der Waals surface area contributed by atoms with E-state index in [9.17, 15) is 28.3 Å². The first-order chi connectivity index (χ1) is 18.4. The van der Waals surface area contributed by atoms with E-state index < -0.39 is 65.0 Å². The number of carbonyl (C=O) groups is 3. The number of carboxylic acids is 1. The van der Waals surface area contributed by atoms with Crippen LogP contribution in [0.5, 0.6) is 0 Å². The maximum absolute atomic E-state index is 15.3. The van der Waals surface area contributed by atoms with Gasteiger partial charge in [-0.3, -0.25) is 4.79 Å². The van der Waals surface area contributed by atoms with Crippen molar-refractivity contribution < 1.29 is 46.9 Å². The maximum atomic E-state index is 15.3. The number of esters is 2. The molecule has 0 saturated heterocycles. The molecule has 5 aliphatic carbocycles. The number of rotatable bonds is 8. The average molecular weight is 552 g/mol. The molecular formula is C28H32F3NO7. The van der Waals surface area contributed by atoms with Crippen molar-refractivity contribution in [3.05, 3.63) is 35.4 Å². The van der Waals surface area contributed by atoms with Gasteiger partial charge in [-0.1, -0.05) is 6.07 Å². The average Bonchev–Trinajstić information content (AvgIpc) is 3.25. The third-order valence-corrected chi connectivity index (χ3v) is 10.0. The SMILES string of the molecule is C[C@@H](OC(=O)C1CC2CC3CC(C2)C1C3)OC(=O)[C@@]1(N)[C@H]2[C@@H](C[C@H]1OCc1ccc(F)c(F)c1)[C@]2(F)C(=O)O. The Morgan fingerprint density at radius 3 is 2.46 bits per heavy atom. The summed E-state index contributed by atoms with van der Waals surface area (Å²) in [5.41, 5.74) is 1.72. The second-order valence-electron chi connectivity index (χ2n) is 12.2. The highest BCUT2D eigenvalue weighted by atomic mass is 19.2. The van der Waals surface area contributed by atoms with Crippen LogP contribution < -0.4 is 5.73 Å². The summed E-state index contributed by atoms with van der Waals surface area (Å²) in [7, 11) is 0. The first-order valence-electron chi connectivity index (χ1n) is 13.6. The van der Waals surface area contributed by atoms with E-state index in [0.29, 0.717) is 17.8 Å². The van der Waals surface area contributed by atoms with E-state index in [0.717, 1.165) is 44.2 Å². The van der Waals surface area contributed by atoms with Crippen LogP contribution in [0.15, 0.2) is 18.2 Å². The lowest BCUT2D eigenvalue weighted by Gasteiger charge is -2.38. The van der Waals surface area contributed by atoms with Crippen molar-refractivity contribution in [3.63, 3.8) is 0 Å². The molecule has 1 aromatic rings. The zero-order valence-corrected chi connectivity index (χ0v) is 21.5. The summed E-state index contributed by atoms with van der Waals surface area (Å²) >= 11 is 0. The second kappa shape index (κ2) is 9.19. The molecule has 5 fully saturated rings. The van der Waals surface area contributed by atoms with E-state index >= 15 is 4.39 Å². The van der Waals surface area contributed by atoms with Crippen molar-refractivity contribution in [3.8, 4) is 0 Å². The summed E-state index contributed by atoms with van der Waals surface area (Å²) in [5, 5.41) is 9.46. The third kappa shape index (κ3) is 4.15. The standard InChI is InChI=1S/C28H32F3NO7/c1-12(38-24(33)18-8-15-4-14-5-16(6-15)17(18)7-14)39-26(36)28(32)22(10-19-23(28)27(19,31)25(34)35)37-11-13-2-3-20(29)21(30)9-13/h2-3,9,12,14-19,22-23H,4-8,10-11,32H2,1H3,(H,34,35)/t12-,14?,15?,16?,17?,18?,19+,22+,23-,27+,28-/m0/s1. The number of hydrogen-bond donors (Lipinski definition) is 2. The molecule has 8 nitrogen and oxygen atoms in total. The van der Waals surface area contributed by atoms with Crippen LogP contribution in [0.4, 0.5) is 13.2 Å². The van der Waals surface area contributed by atoms with E-state index in [2.05, 4.69) is 0 Å². The fourth-order valence-electron chi connectivity index (χ4n) is 8.37. The molecule has 5 aliphatic rings. The first kappa shape index (κ1) is 26.6. The van der Waals surface area contributed by atoms with Gasteiger partial charge in [0.25, 0.3) is 0 Å². The number of aliphatic carboxylic acids is 1. The zero-order chi connectivity index (χ0) is 27.9. The van der Waals surface area contributed by atoms with Gasteiger partial charge >= 0.3 is 17.9 Å². The number of carboxylic acid groups (broad SMARTS) is 1. The zero-order valence-electron chi connectivity index (χ0n) is 21.5. The minimum atomic E-state index is -2.73. The topological polar surface area (TPSA) is 125 Å². The van der Waals surface area contributed by atoms with E-state index in [-0.39, 0.29) is 30.4 Å². The van der Waals surface area contributed by atoms with Gasteiger partial charge in [-0.2, -0.15) is 0 Å². The predicted octanol–water partition coefficient (Wildman–Crippen LogP) is 3.49. The van der Waals surface area contributed by atoms with Crippen LogP contribution in [-0.4, -0.2) is 46.6 Å². The lowest BCUT2D eigenvalue weighted by molar-refractivity contribution is -0.197. The van der Waals surface area contributed by atoms with E-state index in [1.165, 1.54) is 13.0 Å². The van der Waals surface area contributed by atoms with Crippen LogP contribution in [0.3, 0.4) is 0 Å². The molecule has 212 valence electrons. The van der Waals surface area contributed by atoms with Crippen LogP contribution in [0.25, 0.3) is 0 Å². The Hall–Kier alpha value is -2.66. The third-order valence-electron chi connectivity index (χ3n) is 10.0. The van der Waals surface area contributed by atoms with Crippen LogP contribution in [0.2, 0.25) is 0 Å². The van der Waals surface area contributed by atoms with Gasteiger partial charge in [0, 0.05) is 18.8 Å². The highest BCUT2D eigenvalue weighted by Crippen LogP contribution is 2.67. The van der Waals surface area contributed by atoms with E-state index in [1.807, 2.05) is 0 Å². The van der Waals surface area contributed by atoms with Crippen molar-refractivity contribution in [1.82, 2.24) is 0 Å². The van der Waals surface area contributed by atoms with Crippen molar-refractivity contribution in [2.75, 3.05) is 0 Å². The molecule has 0 heterocycles. The number of nitrogens with two attached hydrogens (primary N) is 1. The van der Waals surface area contributed by atoms with Gasteiger partial charge in [-0.05, 0) is 79.9 Å². The molecular weight excluding hydrogens is 519 g/mol. The predicted molar refractivity (Wildman–Crippen MR) is 127 cm³/mol. The summed E-state index contributed by atoms with van der Waals surface area (Å²) in [4.78, 5) is 38.1. The molecule has 3 bridgehead atoms. The lowest BCUT2D eigenvalue weighted by atomic mass is 9.67. The number of carbonyl (C=O) groups excluding carboxylic acids is 2. The number of benzene rings is 1. The van der Waals surface area contributed by atoms with Crippen LogP contribution in [0.1, 0.15) is 51.0 Å². The van der Waals surface area contributed by atoms with Crippen molar-refractivity contribution >= 4 is 17.9 Å². The fourth-order valence-corrected chi connectivity index (χ4v) is 8.37. The Bertz CT molecular complexity index is 1210. The minimum Gasteiger partial charge on any atom is -0.479 e. The van der Waals surface area contributed by atoms with E-state index in [1.54, 1.807) is 0 Å². The van der Waals surface area contributed by atoms with Crippen LogP contribution in [-0.2, 0) is 35.2 Å². The molecule has 0 aliphatic heterocycles. The van der Waals surface area contributed by atoms with E-state index in [4.69, 9.17) is 19.9 Å².